The lowest BCUT2D eigenvalue weighted by molar-refractivity contribution is 0.0737. The number of nitrogens with zero attached hydrogens (tertiary/aromatic N) is 1. The first-order chi connectivity index (χ1) is 8.79. The van der Waals surface area contributed by atoms with Gasteiger partial charge in [0.05, 0.1) is 0 Å². The van der Waals surface area contributed by atoms with Crippen LogP contribution in [0, 0.1) is 5.92 Å². The zero-order valence-corrected chi connectivity index (χ0v) is 10.9. The van der Waals surface area contributed by atoms with Gasteiger partial charge >= 0.3 is 0 Å². The fourth-order valence-corrected chi connectivity index (χ4v) is 3.15. The monoisotopic (exact) mass is 244 g/mol. The van der Waals surface area contributed by atoms with Crippen molar-refractivity contribution in [2.24, 2.45) is 5.92 Å². The molecule has 1 N–H and O–H groups in total. The Bertz CT molecular complexity index is 440. The molecule has 1 aromatic carbocycles. The molecular weight excluding hydrogens is 224 g/mol. The molecule has 2 saturated heterocycles. The van der Waals surface area contributed by atoms with Crippen LogP contribution in [-0.2, 0) is 6.42 Å². The normalized spacial score (nSPS) is 26.4. The highest BCUT2D eigenvalue weighted by atomic mass is 16.2. The lowest BCUT2D eigenvalue weighted by Gasteiger charge is -2.23. The molecule has 3 rings (SSSR count). The Morgan fingerprint density at radius 3 is 2.83 bits per heavy atom. The van der Waals surface area contributed by atoms with Gasteiger partial charge in [0.25, 0.3) is 5.91 Å². The van der Waals surface area contributed by atoms with E-state index in [1.54, 1.807) is 0 Å². The molecule has 1 aromatic rings. The number of nitrogens with one attached hydrogen (secondary N) is 1. The number of hydrogen-bond donors (Lipinski definition) is 1. The number of amides is 1. The number of hydrogen-bond acceptors (Lipinski definition) is 2. The largest absolute Gasteiger partial charge is 0.334 e. The average molecular weight is 244 g/mol. The minimum Gasteiger partial charge on any atom is -0.334 e. The number of carbonyl (C=O) groups excluding carboxylic acids is 1. The summed E-state index contributed by atoms with van der Waals surface area (Å²) >= 11 is 0. The summed E-state index contributed by atoms with van der Waals surface area (Å²) < 4.78 is 0. The van der Waals surface area contributed by atoms with Crippen molar-refractivity contribution in [2.45, 2.75) is 25.8 Å². The van der Waals surface area contributed by atoms with Crippen LogP contribution in [0.25, 0.3) is 0 Å². The predicted octanol–water partition coefficient (Wildman–Crippen LogP) is 1.68. The van der Waals surface area contributed by atoms with Crippen molar-refractivity contribution in [3.05, 3.63) is 35.4 Å². The van der Waals surface area contributed by atoms with Crippen LogP contribution in [0.15, 0.2) is 24.3 Å². The summed E-state index contributed by atoms with van der Waals surface area (Å²) in [4.78, 5) is 14.5. The number of aryl methyl sites for hydroxylation is 1. The van der Waals surface area contributed by atoms with Crippen molar-refractivity contribution in [3.8, 4) is 0 Å². The summed E-state index contributed by atoms with van der Waals surface area (Å²) in [6, 6.07) is 8.48. The molecule has 0 spiro atoms. The van der Waals surface area contributed by atoms with Crippen LogP contribution in [0.2, 0.25) is 0 Å². The standard InChI is InChI=1S/C15H20N2O/c1-2-11-3-5-12(6-4-11)15(18)17-8-7-13-9-16-10-14(13)17/h3-6,13-14,16H,2,7-10H2,1H3/t13-,14+/m1/s1. The lowest BCUT2D eigenvalue weighted by atomic mass is 10.0. The summed E-state index contributed by atoms with van der Waals surface area (Å²) in [6.45, 7) is 5.09. The minimum atomic E-state index is 0.203. The molecule has 3 heteroatoms. The lowest BCUT2D eigenvalue weighted by Crippen LogP contribution is -2.39. The van der Waals surface area contributed by atoms with E-state index in [0.717, 1.165) is 38.0 Å². The van der Waals surface area contributed by atoms with Gasteiger partial charge in [0.15, 0.2) is 0 Å². The van der Waals surface area contributed by atoms with Crippen molar-refractivity contribution < 1.29 is 4.79 Å². The van der Waals surface area contributed by atoms with Crippen LogP contribution in [0.3, 0.4) is 0 Å². The van der Waals surface area contributed by atoms with Gasteiger partial charge in [-0.15, -0.1) is 0 Å². The molecule has 0 saturated carbocycles. The van der Waals surface area contributed by atoms with Gasteiger partial charge in [-0.25, -0.2) is 0 Å². The van der Waals surface area contributed by atoms with Crippen molar-refractivity contribution in [3.63, 3.8) is 0 Å². The Hall–Kier alpha value is -1.35. The van der Waals surface area contributed by atoms with E-state index in [1.807, 2.05) is 12.1 Å². The summed E-state index contributed by atoms with van der Waals surface area (Å²) in [5.41, 5.74) is 2.12. The molecule has 0 bridgehead atoms. The Morgan fingerprint density at radius 1 is 1.33 bits per heavy atom. The molecule has 96 valence electrons. The summed E-state index contributed by atoms with van der Waals surface area (Å²) in [5.74, 6) is 0.873. The van der Waals surface area contributed by atoms with Crippen molar-refractivity contribution in [1.82, 2.24) is 10.2 Å². The van der Waals surface area contributed by atoms with E-state index in [2.05, 4.69) is 29.3 Å². The molecule has 2 heterocycles. The Labute approximate surface area is 108 Å². The maximum absolute atomic E-state index is 12.5. The van der Waals surface area contributed by atoms with Gasteiger partial charge in [-0.05, 0) is 36.5 Å². The van der Waals surface area contributed by atoms with E-state index in [9.17, 15) is 4.79 Å². The molecule has 1 amide bonds. The second-order valence-corrected chi connectivity index (χ2v) is 5.32. The van der Waals surface area contributed by atoms with Crippen molar-refractivity contribution >= 4 is 5.91 Å². The quantitative estimate of drug-likeness (QED) is 0.858. The molecular formula is C15H20N2O. The highest BCUT2D eigenvalue weighted by Gasteiger charge is 2.39. The molecule has 2 atom stereocenters. The first-order valence-electron chi connectivity index (χ1n) is 6.90. The first kappa shape index (κ1) is 11.7. The maximum Gasteiger partial charge on any atom is 0.254 e. The third-order valence-electron chi connectivity index (χ3n) is 4.32. The van der Waals surface area contributed by atoms with Gasteiger partial charge < -0.3 is 10.2 Å². The van der Waals surface area contributed by atoms with Gasteiger partial charge in [-0.2, -0.15) is 0 Å². The van der Waals surface area contributed by atoms with Crippen LogP contribution in [0.1, 0.15) is 29.3 Å². The molecule has 2 fully saturated rings. The molecule has 2 aliphatic heterocycles. The number of benzene rings is 1. The first-order valence-corrected chi connectivity index (χ1v) is 6.90. The molecule has 0 aromatic heterocycles. The predicted molar refractivity (Wildman–Crippen MR) is 71.6 cm³/mol. The van der Waals surface area contributed by atoms with E-state index in [-0.39, 0.29) is 5.91 Å². The zero-order chi connectivity index (χ0) is 12.5. The smallest absolute Gasteiger partial charge is 0.254 e. The van der Waals surface area contributed by atoms with Crippen molar-refractivity contribution in [1.29, 1.82) is 0 Å². The highest BCUT2D eigenvalue weighted by Crippen LogP contribution is 2.28. The Morgan fingerprint density at radius 2 is 2.11 bits per heavy atom. The van der Waals surface area contributed by atoms with Crippen LogP contribution in [0.5, 0.6) is 0 Å². The third-order valence-corrected chi connectivity index (χ3v) is 4.32. The topological polar surface area (TPSA) is 32.3 Å². The van der Waals surface area contributed by atoms with Gasteiger partial charge in [0.2, 0.25) is 0 Å². The Kier molecular flexibility index (Phi) is 3.08. The van der Waals surface area contributed by atoms with E-state index in [1.165, 1.54) is 5.56 Å². The van der Waals surface area contributed by atoms with Gasteiger partial charge in [-0.3, -0.25) is 4.79 Å². The van der Waals surface area contributed by atoms with E-state index in [4.69, 9.17) is 0 Å². The fraction of sp³-hybridized carbons (Fsp3) is 0.533. The number of fused-ring (bicyclic) bond motifs is 1. The molecule has 3 nitrogen and oxygen atoms in total. The van der Waals surface area contributed by atoms with E-state index in [0.29, 0.717) is 12.0 Å². The van der Waals surface area contributed by atoms with Crippen LogP contribution < -0.4 is 5.32 Å². The summed E-state index contributed by atoms with van der Waals surface area (Å²) in [5, 5.41) is 3.38. The second kappa shape index (κ2) is 4.73. The molecule has 2 aliphatic rings. The summed E-state index contributed by atoms with van der Waals surface area (Å²) in [7, 11) is 0. The zero-order valence-electron chi connectivity index (χ0n) is 10.9. The van der Waals surface area contributed by atoms with E-state index < -0.39 is 0 Å². The van der Waals surface area contributed by atoms with Crippen LogP contribution >= 0.6 is 0 Å². The maximum atomic E-state index is 12.5. The number of rotatable bonds is 2. The number of likely N-dealkylation sites (tertiary alicyclic amines) is 1. The second-order valence-electron chi connectivity index (χ2n) is 5.32. The fourth-order valence-electron chi connectivity index (χ4n) is 3.15. The Balaban J connectivity index is 1.77. The van der Waals surface area contributed by atoms with Gasteiger partial charge in [0.1, 0.15) is 0 Å². The number of carbonyl (C=O) groups is 1. The molecule has 18 heavy (non-hydrogen) atoms. The van der Waals surface area contributed by atoms with E-state index >= 15 is 0 Å². The molecule has 0 unspecified atom stereocenters. The van der Waals surface area contributed by atoms with Crippen LogP contribution in [0.4, 0.5) is 0 Å². The molecule has 0 aliphatic carbocycles. The van der Waals surface area contributed by atoms with Gasteiger partial charge in [-0.1, -0.05) is 19.1 Å². The summed E-state index contributed by atoms with van der Waals surface area (Å²) in [6.07, 6.45) is 2.17. The molecule has 0 radical (unpaired) electrons. The van der Waals surface area contributed by atoms with Crippen molar-refractivity contribution in [2.75, 3.05) is 19.6 Å². The minimum absolute atomic E-state index is 0.203. The third kappa shape index (κ3) is 1.93. The SMILES string of the molecule is CCc1ccc(C(=O)N2CC[C@@H]3CNC[C@@H]32)cc1. The average Bonchev–Trinajstić information content (AvgIpc) is 3.00. The highest BCUT2D eigenvalue weighted by molar-refractivity contribution is 5.94. The van der Waals surface area contributed by atoms with Gasteiger partial charge in [0, 0.05) is 31.2 Å². The van der Waals surface area contributed by atoms with Crippen LogP contribution in [-0.4, -0.2) is 36.5 Å².